The summed E-state index contributed by atoms with van der Waals surface area (Å²) in [5.74, 6) is 4.76. The zero-order chi connectivity index (χ0) is 5.70. The second-order valence-electron chi connectivity index (χ2n) is 1.45. The molecule has 0 aliphatic heterocycles. The first kappa shape index (κ1) is 10.8. The van der Waals surface area contributed by atoms with Crippen molar-refractivity contribution in [1.82, 2.24) is 0 Å². The minimum atomic E-state index is 0. The standard InChI is InChI=1S/C5H11NO.ClH/c1-3-5(2)4-7-6;/h3H,4,6H2,1-2H3;1H. The summed E-state index contributed by atoms with van der Waals surface area (Å²) in [4.78, 5) is 4.33. The first-order chi connectivity index (χ1) is 3.31. The van der Waals surface area contributed by atoms with Crippen molar-refractivity contribution in [2.24, 2.45) is 5.90 Å². The Kier molecular flexibility index (Phi) is 9.42. The molecule has 2 N–H and O–H groups in total. The summed E-state index contributed by atoms with van der Waals surface area (Å²) in [6.45, 7) is 4.46. The van der Waals surface area contributed by atoms with Crippen molar-refractivity contribution in [2.75, 3.05) is 6.61 Å². The van der Waals surface area contributed by atoms with Crippen molar-refractivity contribution >= 4 is 12.4 Å². The minimum absolute atomic E-state index is 0. The summed E-state index contributed by atoms with van der Waals surface area (Å²) in [5.41, 5.74) is 1.16. The van der Waals surface area contributed by atoms with Crippen molar-refractivity contribution in [3.8, 4) is 0 Å². The highest BCUT2D eigenvalue weighted by Gasteiger charge is 1.80. The monoisotopic (exact) mass is 137 g/mol. The fraction of sp³-hybridized carbons (Fsp3) is 0.600. The van der Waals surface area contributed by atoms with Crippen LogP contribution in [0.3, 0.4) is 0 Å². The molecule has 0 aromatic carbocycles. The number of allylic oxidation sites excluding steroid dienone is 1. The zero-order valence-electron chi connectivity index (χ0n) is 5.18. The van der Waals surface area contributed by atoms with Gasteiger partial charge in [-0.3, -0.25) is 0 Å². The third-order valence-corrected chi connectivity index (χ3v) is 0.804. The van der Waals surface area contributed by atoms with Crippen LogP contribution < -0.4 is 5.90 Å². The molecule has 0 atom stereocenters. The van der Waals surface area contributed by atoms with Crippen molar-refractivity contribution in [3.63, 3.8) is 0 Å². The van der Waals surface area contributed by atoms with Crippen LogP contribution in [0.5, 0.6) is 0 Å². The van der Waals surface area contributed by atoms with Gasteiger partial charge in [-0.2, -0.15) is 0 Å². The molecule has 0 unspecified atom stereocenters. The SMILES string of the molecule is CC=C(C)CON.Cl. The van der Waals surface area contributed by atoms with E-state index in [4.69, 9.17) is 5.90 Å². The predicted octanol–water partition coefficient (Wildman–Crippen LogP) is 1.26. The van der Waals surface area contributed by atoms with Gasteiger partial charge in [0.15, 0.2) is 0 Å². The van der Waals surface area contributed by atoms with E-state index in [1.54, 1.807) is 0 Å². The van der Waals surface area contributed by atoms with E-state index < -0.39 is 0 Å². The van der Waals surface area contributed by atoms with Crippen LogP contribution in [0.2, 0.25) is 0 Å². The van der Waals surface area contributed by atoms with Crippen molar-refractivity contribution in [3.05, 3.63) is 11.6 Å². The summed E-state index contributed by atoms with van der Waals surface area (Å²) in [6.07, 6.45) is 1.97. The maximum absolute atomic E-state index is 4.76. The van der Waals surface area contributed by atoms with E-state index in [1.807, 2.05) is 19.9 Å². The van der Waals surface area contributed by atoms with Crippen LogP contribution >= 0.6 is 12.4 Å². The lowest BCUT2D eigenvalue weighted by Gasteiger charge is -1.92. The lowest BCUT2D eigenvalue weighted by Crippen LogP contribution is -2.00. The zero-order valence-corrected chi connectivity index (χ0v) is 5.99. The molecule has 8 heavy (non-hydrogen) atoms. The Morgan fingerprint density at radius 2 is 2.25 bits per heavy atom. The molecule has 0 spiro atoms. The molecule has 0 rings (SSSR count). The Hall–Kier alpha value is -0.0500. The van der Waals surface area contributed by atoms with Gasteiger partial charge in [0.2, 0.25) is 0 Å². The fourth-order valence-corrected chi connectivity index (χ4v) is 0.215. The van der Waals surface area contributed by atoms with Gasteiger partial charge in [-0.1, -0.05) is 11.6 Å². The molecule has 0 aromatic heterocycles. The van der Waals surface area contributed by atoms with Gasteiger partial charge in [0.25, 0.3) is 0 Å². The second kappa shape index (κ2) is 6.95. The Balaban J connectivity index is 0. The molecule has 0 fully saturated rings. The van der Waals surface area contributed by atoms with Gasteiger partial charge in [0.1, 0.15) is 0 Å². The lowest BCUT2D eigenvalue weighted by atomic mass is 10.3. The maximum atomic E-state index is 4.76. The second-order valence-corrected chi connectivity index (χ2v) is 1.45. The summed E-state index contributed by atoms with van der Waals surface area (Å²) in [5, 5.41) is 0. The van der Waals surface area contributed by atoms with Crippen LogP contribution in [0, 0.1) is 0 Å². The average molecular weight is 138 g/mol. The molecule has 0 saturated heterocycles. The summed E-state index contributed by atoms with van der Waals surface area (Å²) in [6, 6.07) is 0. The van der Waals surface area contributed by atoms with E-state index in [1.165, 1.54) is 0 Å². The van der Waals surface area contributed by atoms with Crippen molar-refractivity contribution < 1.29 is 4.84 Å². The van der Waals surface area contributed by atoms with Crippen molar-refractivity contribution in [1.29, 1.82) is 0 Å². The highest BCUT2D eigenvalue weighted by atomic mass is 35.5. The quantitative estimate of drug-likeness (QED) is 0.460. The largest absolute Gasteiger partial charge is 0.300 e. The summed E-state index contributed by atoms with van der Waals surface area (Å²) in [7, 11) is 0. The minimum Gasteiger partial charge on any atom is -0.300 e. The Labute approximate surface area is 56.1 Å². The molecule has 0 saturated carbocycles. The van der Waals surface area contributed by atoms with E-state index in [-0.39, 0.29) is 12.4 Å². The van der Waals surface area contributed by atoms with E-state index in [0.717, 1.165) is 5.57 Å². The molecule has 0 radical (unpaired) electrons. The highest BCUT2D eigenvalue weighted by molar-refractivity contribution is 5.85. The van der Waals surface area contributed by atoms with Gasteiger partial charge >= 0.3 is 0 Å². The normalized spacial score (nSPS) is 10.6. The van der Waals surface area contributed by atoms with Gasteiger partial charge in [-0.25, -0.2) is 5.90 Å². The fourth-order valence-electron chi connectivity index (χ4n) is 0.215. The van der Waals surface area contributed by atoms with Gasteiger partial charge in [-0.15, -0.1) is 12.4 Å². The third-order valence-electron chi connectivity index (χ3n) is 0.804. The molecule has 3 heteroatoms. The van der Waals surface area contributed by atoms with E-state index in [0.29, 0.717) is 6.61 Å². The first-order valence-corrected chi connectivity index (χ1v) is 2.24. The molecule has 0 aromatic rings. The van der Waals surface area contributed by atoms with Crippen LogP contribution in [0.15, 0.2) is 11.6 Å². The number of nitrogens with two attached hydrogens (primary N) is 1. The maximum Gasteiger partial charge on any atom is 0.0887 e. The van der Waals surface area contributed by atoms with E-state index >= 15 is 0 Å². The van der Waals surface area contributed by atoms with Crippen LogP contribution in [0.25, 0.3) is 0 Å². The summed E-state index contributed by atoms with van der Waals surface area (Å²) < 4.78 is 0. The van der Waals surface area contributed by atoms with Gasteiger partial charge in [-0.05, 0) is 13.8 Å². The van der Waals surface area contributed by atoms with Gasteiger partial charge in [0, 0.05) is 0 Å². The van der Waals surface area contributed by atoms with Crippen molar-refractivity contribution in [2.45, 2.75) is 13.8 Å². The van der Waals surface area contributed by atoms with Crippen LogP contribution in [-0.2, 0) is 4.84 Å². The molecule has 0 aliphatic rings. The Morgan fingerprint density at radius 3 is 2.38 bits per heavy atom. The lowest BCUT2D eigenvalue weighted by molar-refractivity contribution is 0.161. The first-order valence-electron chi connectivity index (χ1n) is 2.24. The number of halogens is 1. The van der Waals surface area contributed by atoms with Crippen LogP contribution in [0.1, 0.15) is 13.8 Å². The molecule has 0 heterocycles. The Morgan fingerprint density at radius 1 is 1.75 bits per heavy atom. The van der Waals surface area contributed by atoms with Crippen LogP contribution in [0.4, 0.5) is 0 Å². The van der Waals surface area contributed by atoms with Crippen LogP contribution in [-0.4, -0.2) is 6.61 Å². The van der Waals surface area contributed by atoms with E-state index in [9.17, 15) is 0 Å². The average Bonchev–Trinajstić information content (AvgIpc) is 1.68. The van der Waals surface area contributed by atoms with Gasteiger partial charge < -0.3 is 4.84 Å². The molecule has 0 amide bonds. The third kappa shape index (κ3) is 5.95. The molecular formula is C5H12ClNO. The topological polar surface area (TPSA) is 35.2 Å². The smallest absolute Gasteiger partial charge is 0.0887 e. The Bertz CT molecular complexity index is 72.8. The van der Waals surface area contributed by atoms with Gasteiger partial charge in [0.05, 0.1) is 6.61 Å². The molecule has 0 aliphatic carbocycles. The predicted molar refractivity (Wildman–Crippen MR) is 36.8 cm³/mol. The summed E-state index contributed by atoms with van der Waals surface area (Å²) >= 11 is 0. The molecular weight excluding hydrogens is 126 g/mol. The number of hydrogen-bond acceptors (Lipinski definition) is 2. The molecule has 50 valence electrons. The molecule has 2 nitrogen and oxygen atoms in total. The number of hydrogen-bond donors (Lipinski definition) is 1. The van der Waals surface area contributed by atoms with E-state index in [2.05, 4.69) is 4.84 Å². The highest BCUT2D eigenvalue weighted by Crippen LogP contribution is 1.87. The molecule has 0 bridgehead atoms. The number of rotatable bonds is 2.